The third kappa shape index (κ3) is 2.72. The summed E-state index contributed by atoms with van der Waals surface area (Å²) in [5.74, 6) is -0.886. The second kappa shape index (κ2) is 4.47. The zero-order valence-corrected chi connectivity index (χ0v) is 9.54. The van der Waals surface area contributed by atoms with Gasteiger partial charge < -0.3 is 10.1 Å². The van der Waals surface area contributed by atoms with Crippen molar-refractivity contribution in [2.45, 2.75) is 25.1 Å². The molecule has 1 aliphatic rings. The topological polar surface area (TPSA) is 51.2 Å². The maximum Gasteiger partial charge on any atom is 0.437 e. The Labute approximate surface area is 101 Å². The number of pyridine rings is 1. The normalized spacial score (nSPS) is 15.3. The molecule has 7 heteroatoms. The van der Waals surface area contributed by atoms with Crippen molar-refractivity contribution in [2.75, 3.05) is 7.05 Å². The van der Waals surface area contributed by atoms with E-state index in [2.05, 4.69) is 10.3 Å². The molecule has 1 saturated carbocycles. The van der Waals surface area contributed by atoms with Crippen LogP contribution in [0.25, 0.3) is 0 Å². The summed E-state index contributed by atoms with van der Waals surface area (Å²) < 4.78 is 43.2. The maximum absolute atomic E-state index is 12.7. The summed E-state index contributed by atoms with van der Waals surface area (Å²) in [4.78, 5) is 14.6. The number of carbonyl (C=O) groups excluding carboxylic acids is 1. The van der Waals surface area contributed by atoms with E-state index in [0.29, 0.717) is 0 Å². The summed E-state index contributed by atoms with van der Waals surface area (Å²) in [6.45, 7) is 0. The predicted octanol–water partition coefficient (Wildman–Crippen LogP) is 2.00. The van der Waals surface area contributed by atoms with E-state index in [-0.39, 0.29) is 17.4 Å². The number of carbonyl (C=O) groups is 1. The molecule has 0 saturated heterocycles. The predicted molar refractivity (Wildman–Crippen MR) is 56.3 cm³/mol. The highest BCUT2D eigenvalue weighted by Gasteiger charge is 2.38. The number of halogens is 3. The Kier molecular flexibility index (Phi) is 3.14. The highest BCUT2D eigenvalue weighted by atomic mass is 19.4. The van der Waals surface area contributed by atoms with Crippen molar-refractivity contribution >= 4 is 5.91 Å². The van der Waals surface area contributed by atoms with Gasteiger partial charge in [0.2, 0.25) is 0 Å². The van der Waals surface area contributed by atoms with Crippen molar-refractivity contribution in [3.05, 3.63) is 23.5 Å². The van der Waals surface area contributed by atoms with Gasteiger partial charge in [-0.2, -0.15) is 13.2 Å². The average Bonchev–Trinajstić information content (AvgIpc) is 3.10. The molecule has 0 radical (unpaired) electrons. The molecule has 1 heterocycles. The van der Waals surface area contributed by atoms with E-state index in [1.807, 2.05) is 0 Å². The zero-order chi connectivity index (χ0) is 13.3. The molecule has 0 aliphatic heterocycles. The summed E-state index contributed by atoms with van der Waals surface area (Å²) in [7, 11) is 1.39. The van der Waals surface area contributed by atoms with Gasteiger partial charge in [-0.25, -0.2) is 4.98 Å². The molecule has 0 atom stereocenters. The number of hydrogen-bond donors (Lipinski definition) is 1. The van der Waals surface area contributed by atoms with Crippen LogP contribution in [0.1, 0.15) is 28.9 Å². The molecular weight excluding hydrogens is 249 g/mol. The Morgan fingerprint density at radius 2 is 2.17 bits per heavy atom. The second-order valence-corrected chi connectivity index (χ2v) is 3.96. The van der Waals surface area contributed by atoms with Crippen molar-refractivity contribution in [1.29, 1.82) is 0 Å². The van der Waals surface area contributed by atoms with Gasteiger partial charge >= 0.3 is 6.18 Å². The minimum absolute atomic E-state index is 0.0427. The molecule has 4 nitrogen and oxygen atoms in total. The van der Waals surface area contributed by atoms with Gasteiger partial charge in [-0.3, -0.25) is 4.79 Å². The molecule has 1 aromatic heterocycles. The fraction of sp³-hybridized carbons (Fsp3) is 0.455. The van der Waals surface area contributed by atoms with Gasteiger partial charge in [-0.05, 0) is 18.9 Å². The minimum Gasteiger partial charge on any atom is -0.488 e. The maximum atomic E-state index is 12.7. The molecule has 0 aromatic carbocycles. The van der Waals surface area contributed by atoms with Gasteiger partial charge in [0.25, 0.3) is 5.91 Å². The Balaban J connectivity index is 2.37. The van der Waals surface area contributed by atoms with Crippen LogP contribution in [0.3, 0.4) is 0 Å². The smallest absolute Gasteiger partial charge is 0.437 e. The van der Waals surface area contributed by atoms with Crippen LogP contribution in [0, 0.1) is 0 Å². The van der Waals surface area contributed by atoms with Crippen molar-refractivity contribution < 1.29 is 22.7 Å². The van der Waals surface area contributed by atoms with Crippen molar-refractivity contribution in [3.8, 4) is 5.75 Å². The molecule has 0 spiro atoms. The molecule has 1 N–H and O–H groups in total. The van der Waals surface area contributed by atoms with E-state index in [4.69, 9.17) is 4.74 Å². The number of amides is 1. The summed E-state index contributed by atoms with van der Waals surface area (Å²) in [5, 5.41) is 2.32. The molecule has 18 heavy (non-hydrogen) atoms. The highest BCUT2D eigenvalue weighted by molar-refractivity contribution is 5.94. The van der Waals surface area contributed by atoms with Crippen LogP contribution in [0.4, 0.5) is 13.2 Å². The van der Waals surface area contributed by atoms with E-state index in [9.17, 15) is 18.0 Å². The largest absolute Gasteiger partial charge is 0.488 e. The van der Waals surface area contributed by atoms with E-state index in [0.717, 1.165) is 25.1 Å². The quantitative estimate of drug-likeness (QED) is 0.904. The van der Waals surface area contributed by atoms with Crippen LogP contribution in [0.5, 0.6) is 5.75 Å². The van der Waals surface area contributed by atoms with Crippen molar-refractivity contribution in [2.24, 2.45) is 0 Å². The molecular formula is C11H11F3N2O2. The van der Waals surface area contributed by atoms with Crippen LogP contribution < -0.4 is 10.1 Å². The number of aromatic nitrogens is 1. The molecule has 2 rings (SSSR count). The lowest BCUT2D eigenvalue weighted by Gasteiger charge is -2.13. The van der Waals surface area contributed by atoms with Crippen LogP contribution in [0.15, 0.2) is 12.3 Å². The van der Waals surface area contributed by atoms with E-state index < -0.39 is 17.8 Å². The van der Waals surface area contributed by atoms with Crippen molar-refractivity contribution in [1.82, 2.24) is 10.3 Å². The van der Waals surface area contributed by atoms with Crippen LogP contribution in [-0.2, 0) is 6.18 Å². The first-order valence-electron chi connectivity index (χ1n) is 5.38. The highest BCUT2D eigenvalue weighted by Crippen LogP contribution is 2.37. The van der Waals surface area contributed by atoms with E-state index >= 15 is 0 Å². The first-order chi connectivity index (χ1) is 8.41. The monoisotopic (exact) mass is 260 g/mol. The molecule has 0 bridgehead atoms. The van der Waals surface area contributed by atoms with Gasteiger partial charge in [0.15, 0.2) is 11.4 Å². The fourth-order valence-electron chi connectivity index (χ4n) is 1.38. The first-order valence-corrected chi connectivity index (χ1v) is 5.38. The van der Waals surface area contributed by atoms with E-state index in [1.165, 1.54) is 7.05 Å². The third-order valence-corrected chi connectivity index (χ3v) is 2.43. The van der Waals surface area contributed by atoms with Gasteiger partial charge in [-0.15, -0.1) is 0 Å². The lowest BCUT2D eigenvalue weighted by atomic mass is 10.2. The molecule has 1 amide bonds. The number of ether oxygens (including phenoxy) is 1. The molecule has 1 aliphatic carbocycles. The van der Waals surface area contributed by atoms with Gasteiger partial charge in [0.05, 0.1) is 11.7 Å². The van der Waals surface area contributed by atoms with Crippen LogP contribution >= 0.6 is 0 Å². The zero-order valence-electron chi connectivity index (χ0n) is 9.54. The molecule has 1 aromatic rings. The molecule has 98 valence electrons. The summed E-state index contributed by atoms with van der Waals surface area (Å²) in [6, 6.07) is 1.08. The number of hydrogen-bond acceptors (Lipinski definition) is 3. The number of nitrogens with zero attached hydrogens (tertiary/aromatic N) is 1. The standard InChI is InChI=1S/C11H11F3N2O2/c1-15-10(17)6-4-8(18-7-2-3-7)9(16-5-6)11(12,13)14/h4-5,7H,2-3H2,1H3,(H,15,17). The van der Waals surface area contributed by atoms with Gasteiger partial charge in [-0.1, -0.05) is 0 Å². The first kappa shape index (κ1) is 12.7. The Hall–Kier alpha value is -1.79. The Morgan fingerprint density at radius 1 is 1.50 bits per heavy atom. The minimum atomic E-state index is -4.59. The lowest BCUT2D eigenvalue weighted by Crippen LogP contribution is -2.20. The molecule has 0 unspecified atom stereocenters. The van der Waals surface area contributed by atoms with Crippen LogP contribution in [0.2, 0.25) is 0 Å². The van der Waals surface area contributed by atoms with Gasteiger partial charge in [0.1, 0.15) is 0 Å². The third-order valence-electron chi connectivity index (χ3n) is 2.43. The van der Waals surface area contributed by atoms with Gasteiger partial charge in [0, 0.05) is 13.2 Å². The average molecular weight is 260 g/mol. The van der Waals surface area contributed by atoms with Crippen LogP contribution in [-0.4, -0.2) is 24.0 Å². The van der Waals surface area contributed by atoms with Crippen molar-refractivity contribution in [3.63, 3.8) is 0 Å². The summed E-state index contributed by atoms with van der Waals surface area (Å²) in [6.07, 6.45) is -2.46. The Bertz CT molecular complexity index is 470. The molecule has 1 fully saturated rings. The summed E-state index contributed by atoms with van der Waals surface area (Å²) in [5.41, 5.74) is -1.05. The second-order valence-electron chi connectivity index (χ2n) is 3.96. The number of alkyl halides is 3. The fourth-order valence-corrected chi connectivity index (χ4v) is 1.38. The Morgan fingerprint density at radius 3 is 2.67 bits per heavy atom. The summed E-state index contributed by atoms with van der Waals surface area (Å²) >= 11 is 0. The number of nitrogens with one attached hydrogen (secondary N) is 1. The van der Waals surface area contributed by atoms with E-state index in [1.54, 1.807) is 0 Å². The SMILES string of the molecule is CNC(=O)c1cnc(C(F)(F)F)c(OC2CC2)c1. The lowest BCUT2D eigenvalue weighted by molar-refractivity contribution is -0.142. The number of rotatable bonds is 3.